The molecule has 1 aliphatic heterocycles. The lowest BCUT2D eigenvalue weighted by molar-refractivity contribution is -0.120. The van der Waals surface area contributed by atoms with Crippen molar-refractivity contribution < 1.29 is 9.53 Å². The molecule has 4 rings (SSSR count). The van der Waals surface area contributed by atoms with E-state index in [1.54, 1.807) is 0 Å². The first-order valence-corrected chi connectivity index (χ1v) is 5.31. The Morgan fingerprint density at radius 2 is 2.31 bits per heavy atom. The molecular formula is C11H14O2. The molecule has 4 fully saturated rings. The highest BCUT2D eigenvalue weighted by molar-refractivity contribution is 5.91. The van der Waals surface area contributed by atoms with E-state index in [0.717, 1.165) is 25.6 Å². The van der Waals surface area contributed by atoms with Crippen LogP contribution in [0.4, 0.5) is 0 Å². The van der Waals surface area contributed by atoms with Crippen molar-refractivity contribution >= 4 is 5.78 Å². The van der Waals surface area contributed by atoms with Crippen LogP contribution < -0.4 is 0 Å². The molecule has 1 spiro atoms. The van der Waals surface area contributed by atoms with Gasteiger partial charge in [0.05, 0.1) is 13.2 Å². The zero-order valence-corrected chi connectivity index (χ0v) is 7.88. The summed E-state index contributed by atoms with van der Waals surface area (Å²) in [4.78, 5) is 11.8. The van der Waals surface area contributed by atoms with Gasteiger partial charge >= 0.3 is 0 Å². The summed E-state index contributed by atoms with van der Waals surface area (Å²) in [5.41, 5.74) is 0.693. The normalized spacial score (nSPS) is 66.8. The van der Waals surface area contributed by atoms with E-state index in [4.69, 9.17) is 4.74 Å². The van der Waals surface area contributed by atoms with Crippen LogP contribution in [0.25, 0.3) is 0 Å². The number of rotatable bonds is 0. The fourth-order valence-electron chi connectivity index (χ4n) is 5.06. The van der Waals surface area contributed by atoms with Crippen LogP contribution in [-0.2, 0) is 9.53 Å². The summed E-state index contributed by atoms with van der Waals surface area (Å²) in [5.74, 6) is 2.37. The highest BCUT2D eigenvalue weighted by atomic mass is 16.5. The molecule has 5 atom stereocenters. The lowest BCUT2D eigenvalue weighted by Crippen LogP contribution is -2.18. The van der Waals surface area contributed by atoms with E-state index in [1.165, 1.54) is 6.42 Å². The smallest absolute Gasteiger partial charge is 0.137 e. The van der Waals surface area contributed by atoms with Crippen LogP contribution in [0.3, 0.4) is 0 Å². The number of hydrogen-bond acceptors (Lipinski definition) is 2. The Hall–Kier alpha value is -0.370. The van der Waals surface area contributed by atoms with Crippen molar-refractivity contribution in [3.8, 4) is 0 Å². The van der Waals surface area contributed by atoms with Crippen LogP contribution in [-0.4, -0.2) is 19.0 Å². The van der Waals surface area contributed by atoms with Gasteiger partial charge < -0.3 is 4.74 Å². The van der Waals surface area contributed by atoms with Crippen molar-refractivity contribution in [2.75, 3.05) is 13.2 Å². The second-order valence-corrected chi connectivity index (χ2v) is 5.57. The molecule has 0 amide bonds. The molecule has 0 aromatic heterocycles. The van der Waals surface area contributed by atoms with Crippen molar-refractivity contribution in [3.63, 3.8) is 0 Å². The summed E-state index contributed by atoms with van der Waals surface area (Å²) in [5, 5.41) is 0. The van der Waals surface area contributed by atoms with E-state index in [1.807, 2.05) is 0 Å². The first-order valence-electron chi connectivity index (χ1n) is 5.31. The van der Waals surface area contributed by atoms with Crippen LogP contribution in [0.5, 0.6) is 0 Å². The van der Waals surface area contributed by atoms with Crippen LogP contribution in [0.15, 0.2) is 0 Å². The van der Waals surface area contributed by atoms with Crippen LogP contribution in [0.2, 0.25) is 0 Å². The first-order chi connectivity index (χ1) is 6.21. The van der Waals surface area contributed by atoms with Gasteiger partial charge in [0.15, 0.2) is 0 Å². The molecule has 1 heterocycles. The Morgan fingerprint density at radius 3 is 3.08 bits per heavy atom. The first kappa shape index (κ1) is 6.99. The summed E-state index contributed by atoms with van der Waals surface area (Å²) in [6, 6.07) is 0. The predicted octanol–water partition coefficient (Wildman–Crippen LogP) is 1.25. The Bertz CT molecular complexity index is 324. The Balaban J connectivity index is 1.92. The Morgan fingerprint density at radius 1 is 1.46 bits per heavy atom. The maximum absolute atomic E-state index is 11.8. The topological polar surface area (TPSA) is 26.3 Å². The molecule has 4 aliphatic rings. The summed E-state index contributed by atoms with van der Waals surface area (Å²) < 4.78 is 5.57. The summed E-state index contributed by atoms with van der Waals surface area (Å²) >= 11 is 0. The molecule has 2 unspecified atom stereocenters. The summed E-state index contributed by atoms with van der Waals surface area (Å²) in [6.07, 6.45) is 2.14. The second kappa shape index (κ2) is 1.60. The van der Waals surface area contributed by atoms with Crippen LogP contribution >= 0.6 is 0 Å². The van der Waals surface area contributed by atoms with Gasteiger partial charge in [0.25, 0.3) is 0 Å². The van der Waals surface area contributed by atoms with Crippen molar-refractivity contribution in [1.29, 1.82) is 0 Å². The third kappa shape index (κ3) is 0.438. The average Bonchev–Trinajstić information content (AvgIpc) is 2.36. The lowest BCUT2D eigenvalue weighted by Gasteiger charge is -2.14. The number of ether oxygens (including phenoxy) is 1. The van der Waals surface area contributed by atoms with E-state index in [9.17, 15) is 4.79 Å². The summed E-state index contributed by atoms with van der Waals surface area (Å²) in [6.45, 7) is 4.14. The molecule has 70 valence electrons. The monoisotopic (exact) mass is 178 g/mol. The minimum atomic E-state index is 0.326. The summed E-state index contributed by atoms with van der Waals surface area (Å²) in [7, 11) is 0. The number of hydrogen-bond donors (Lipinski definition) is 0. The number of carbonyl (C=O) groups is 1. The molecule has 2 nitrogen and oxygen atoms in total. The van der Waals surface area contributed by atoms with Crippen LogP contribution in [0, 0.1) is 28.6 Å². The molecule has 13 heavy (non-hydrogen) atoms. The van der Waals surface area contributed by atoms with Gasteiger partial charge in [-0.25, -0.2) is 0 Å². The SMILES string of the molecule is C[C@]12C3C(=O)C[C@H]1C[C@@H]1COCC312. The third-order valence-electron chi connectivity index (χ3n) is 5.61. The zero-order valence-electron chi connectivity index (χ0n) is 7.88. The molecule has 3 saturated carbocycles. The molecule has 0 aromatic carbocycles. The van der Waals surface area contributed by atoms with Gasteiger partial charge in [-0.1, -0.05) is 6.92 Å². The Labute approximate surface area is 77.6 Å². The molecular weight excluding hydrogens is 164 g/mol. The van der Waals surface area contributed by atoms with Gasteiger partial charge in [0.1, 0.15) is 5.78 Å². The Kier molecular flexibility index (Phi) is 0.862. The van der Waals surface area contributed by atoms with Gasteiger partial charge in [0.2, 0.25) is 0 Å². The van der Waals surface area contributed by atoms with Crippen molar-refractivity contribution in [2.45, 2.75) is 19.8 Å². The molecule has 0 N–H and O–H groups in total. The number of carbonyl (C=O) groups excluding carboxylic acids is 1. The minimum Gasteiger partial charge on any atom is -0.381 e. The highest BCUT2D eigenvalue weighted by Crippen LogP contribution is 2.87. The fourth-order valence-corrected chi connectivity index (χ4v) is 5.06. The quantitative estimate of drug-likeness (QED) is 0.558. The standard InChI is InChI=1S/C11H14O2/c1-10-6-2-7-4-13-5-11(7,10)9(10)8(12)3-6/h6-7,9H,2-5H2,1H3/t6-,7-,9?,10-,11?/m1/s1. The van der Waals surface area contributed by atoms with Gasteiger partial charge in [-0.2, -0.15) is 0 Å². The van der Waals surface area contributed by atoms with E-state index < -0.39 is 0 Å². The van der Waals surface area contributed by atoms with Crippen molar-refractivity contribution in [2.24, 2.45) is 28.6 Å². The minimum absolute atomic E-state index is 0.326. The van der Waals surface area contributed by atoms with E-state index >= 15 is 0 Å². The van der Waals surface area contributed by atoms with Gasteiger partial charge in [-0.3, -0.25) is 4.79 Å². The molecule has 0 radical (unpaired) electrons. The molecule has 0 bridgehead atoms. The number of ketones is 1. The second-order valence-electron chi connectivity index (χ2n) is 5.57. The maximum atomic E-state index is 11.8. The maximum Gasteiger partial charge on any atom is 0.137 e. The van der Waals surface area contributed by atoms with E-state index in [0.29, 0.717) is 28.4 Å². The lowest BCUT2D eigenvalue weighted by atomic mass is 9.88. The fraction of sp³-hybridized carbons (Fsp3) is 0.909. The average molecular weight is 178 g/mol. The molecule has 1 saturated heterocycles. The van der Waals surface area contributed by atoms with Crippen molar-refractivity contribution in [3.05, 3.63) is 0 Å². The van der Waals surface area contributed by atoms with Gasteiger partial charge in [-0.05, 0) is 23.7 Å². The predicted molar refractivity (Wildman–Crippen MR) is 46.1 cm³/mol. The largest absolute Gasteiger partial charge is 0.381 e. The van der Waals surface area contributed by atoms with E-state index in [2.05, 4.69) is 6.92 Å². The third-order valence-corrected chi connectivity index (χ3v) is 5.61. The number of Topliss-reactive ketones (excluding diaryl/α,β-unsaturated/α-hetero) is 1. The molecule has 0 aromatic rings. The molecule has 3 aliphatic carbocycles. The van der Waals surface area contributed by atoms with Gasteiger partial charge in [0, 0.05) is 17.8 Å². The van der Waals surface area contributed by atoms with Gasteiger partial charge in [-0.15, -0.1) is 0 Å². The van der Waals surface area contributed by atoms with Crippen molar-refractivity contribution in [1.82, 2.24) is 0 Å². The molecule has 2 heteroatoms. The van der Waals surface area contributed by atoms with E-state index in [-0.39, 0.29) is 0 Å². The van der Waals surface area contributed by atoms with Crippen LogP contribution in [0.1, 0.15) is 19.8 Å². The zero-order chi connectivity index (χ0) is 8.84. The highest BCUT2D eigenvalue weighted by Gasteiger charge is 2.88.